The molecular weight excluding hydrogens is 132 g/mol. The van der Waals surface area contributed by atoms with E-state index < -0.39 is 6.09 Å². The van der Waals surface area contributed by atoms with Gasteiger partial charge in [-0.1, -0.05) is 0 Å². The number of carboxylic acid groups (broad SMARTS) is 1. The molecule has 0 atom stereocenters. The molecule has 1 fully saturated rings. The van der Waals surface area contributed by atoms with Crippen molar-refractivity contribution in [1.29, 1.82) is 0 Å². The summed E-state index contributed by atoms with van der Waals surface area (Å²) in [6, 6.07) is 0.413. The molecule has 4 heteroatoms. The number of hydrogen-bond donors (Lipinski definition) is 2. The monoisotopic (exact) mass is 144 g/mol. The van der Waals surface area contributed by atoms with Gasteiger partial charge in [0.15, 0.2) is 0 Å². The Bertz CT molecular complexity index is 134. The van der Waals surface area contributed by atoms with E-state index in [9.17, 15) is 4.79 Å². The van der Waals surface area contributed by atoms with Crippen LogP contribution in [-0.4, -0.2) is 28.8 Å². The molecular formula is C6H12N2O2. The van der Waals surface area contributed by atoms with Crippen LogP contribution in [0, 0.1) is 0 Å². The fraction of sp³-hybridized carbons (Fsp3) is 0.833. The quantitative estimate of drug-likeness (QED) is 0.572. The minimum atomic E-state index is -0.894. The zero-order valence-electron chi connectivity index (χ0n) is 6.00. The summed E-state index contributed by atoms with van der Waals surface area (Å²) in [5.74, 6) is 0. The highest BCUT2D eigenvalue weighted by atomic mass is 16.4. The van der Waals surface area contributed by atoms with Crippen LogP contribution in [0.4, 0.5) is 4.79 Å². The van der Waals surface area contributed by atoms with E-state index in [2.05, 4.69) is 5.43 Å². The maximum atomic E-state index is 10.4. The van der Waals surface area contributed by atoms with Gasteiger partial charge in [0.1, 0.15) is 0 Å². The Kier molecular flexibility index (Phi) is 2.11. The average Bonchev–Trinajstić information content (AvgIpc) is 2.64. The zero-order valence-corrected chi connectivity index (χ0v) is 6.00. The summed E-state index contributed by atoms with van der Waals surface area (Å²) in [7, 11) is 0. The van der Waals surface area contributed by atoms with Crippen molar-refractivity contribution in [1.82, 2.24) is 10.4 Å². The molecule has 0 radical (unpaired) electrons. The predicted molar refractivity (Wildman–Crippen MR) is 36.6 cm³/mol. The van der Waals surface area contributed by atoms with Gasteiger partial charge in [0.2, 0.25) is 0 Å². The summed E-state index contributed by atoms with van der Waals surface area (Å²) >= 11 is 0. The van der Waals surface area contributed by atoms with Gasteiger partial charge in [-0.3, -0.25) is 0 Å². The predicted octanol–water partition coefficient (Wildman–Crippen LogP) is 0.653. The lowest BCUT2D eigenvalue weighted by Gasteiger charge is -2.16. The lowest BCUT2D eigenvalue weighted by atomic mass is 10.7. The van der Waals surface area contributed by atoms with Crippen molar-refractivity contribution in [2.75, 3.05) is 6.54 Å². The minimum absolute atomic E-state index is 0.413. The average molecular weight is 144 g/mol. The zero-order chi connectivity index (χ0) is 7.56. The summed E-state index contributed by atoms with van der Waals surface area (Å²) in [6.07, 6.45) is 1.31. The molecule has 1 saturated carbocycles. The van der Waals surface area contributed by atoms with E-state index in [0.717, 1.165) is 12.8 Å². The molecule has 0 spiro atoms. The maximum absolute atomic E-state index is 10.4. The second-order valence-electron chi connectivity index (χ2n) is 2.43. The van der Waals surface area contributed by atoms with E-state index in [1.54, 1.807) is 0 Å². The number of amides is 1. The summed E-state index contributed by atoms with van der Waals surface area (Å²) < 4.78 is 0. The Labute approximate surface area is 59.8 Å². The van der Waals surface area contributed by atoms with E-state index in [1.165, 1.54) is 5.01 Å². The van der Waals surface area contributed by atoms with Crippen LogP contribution in [-0.2, 0) is 0 Å². The smallest absolute Gasteiger partial charge is 0.421 e. The van der Waals surface area contributed by atoms with Crippen LogP contribution >= 0.6 is 0 Å². The highest BCUT2D eigenvalue weighted by Crippen LogP contribution is 2.18. The van der Waals surface area contributed by atoms with E-state index in [0.29, 0.717) is 12.6 Å². The third-order valence-corrected chi connectivity index (χ3v) is 1.46. The topological polar surface area (TPSA) is 52.6 Å². The van der Waals surface area contributed by atoms with E-state index in [-0.39, 0.29) is 0 Å². The number of nitrogens with one attached hydrogen (secondary N) is 1. The van der Waals surface area contributed by atoms with Crippen molar-refractivity contribution >= 4 is 6.09 Å². The second kappa shape index (κ2) is 2.88. The van der Waals surface area contributed by atoms with Crippen molar-refractivity contribution in [3.63, 3.8) is 0 Å². The van der Waals surface area contributed by atoms with Crippen molar-refractivity contribution < 1.29 is 9.90 Å². The highest BCUT2D eigenvalue weighted by Gasteiger charge is 2.24. The molecule has 0 heterocycles. The lowest BCUT2D eigenvalue weighted by molar-refractivity contribution is 0.122. The first-order chi connectivity index (χ1) is 4.74. The third-order valence-electron chi connectivity index (χ3n) is 1.46. The van der Waals surface area contributed by atoms with Crippen LogP contribution in [0.3, 0.4) is 0 Å². The lowest BCUT2D eigenvalue weighted by Crippen LogP contribution is -2.42. The van der Waals surface area contributed by atoms with Crippen LogP contribution in [0.1, 0.15) is 19.8 Å². The van der Waals surface area contributed by atoms with E-state index >= 15 is 0 Å². The molecule has 2 N–H and O–H groups in total. The van der Waals surface area contributed by atoms with Gasteiger partial charge in [0, 0.05) is 12.6 Å². The number of carbonyl (C=O) groups is 1. The van der Waals surface area contributed by atoms with Crippen LogP contribution < -0.4 is 5.43 Å². The maximum Gasteiger partial charge on any atom is 0.421 e. The molecule has 1 amide bonds. The van der Waals surface area contributed by atoms with Gasteiger partial charge in [0.25, 0.3) is 0 Å². The molecule has 1 rings (SSSR count). The first-order valence-electron chi connectivity index (χ1n) is 3.50. The number of hydrazine groups is 1. The second-order valence-corrected chi connectivity index (χ2v) is 2.43. The molecule has 0 aromatic rings. The van der Waals surface area contributed by atoms with E-state index in [4.69, 9.17) is 5.11 Å². The van der Waals surface area contributed by atoms with Gasteiger partial charge in [-0.15, -0.1) is 0 Å². The molecule has 0 bridgehead atoms. The number of nitrogens with zero attached hydrogens (tertiary/aromatic N) is 1. The van der Waals surface area contributed by atoms with Crippen molar-refractivity contribution in [3.05, 3.63) is 0 Å². The fourth-order valence-corrected chi connectivity index (χ4v) is 0.715. The summed E-state index contributed by atoms with van der Waals surface area (Å²) in [5.41, 5.74) is 2.87. The van der Waals surface area contributed by atoms with Gasteiger partial charge in [-0.05, 0) is 19.8 Å². The van der Waals surface area contributed by atoms with Gasteiger partial charge < -0.3 is 5.11 Å². The van der Waals surface area contributed by atoms with Gasteiger partial charge in [-0.2, -0.15) is 0 Å². The van der Waals surface area contributed by atoms with Crippen LogP contribution in [0.2, 0.25) is 0 Å². The van der Waals surface area contributed by atoms with Gasteiger partial charge in [0.05, 0.1) is 0 Å². The molecule has 0 aliphatic heterocycles. The summed E-state index contributed by atoms with van der Waals surface area (Å²) in [5, 5.41) is 9.73. The third kappa shape index (κ3) is 1.88. The SMILES string of the molecule is CCN(NC1CC1)C(=O)O. The molecule has 0 saturated heterocycles. The Hall–Kier alpha value is -0.770. The number of rotatable bonds is 3. The van der Waals surface area contributed by atoms with Gasteiger partial charge in [-0.25, -0.2) is 15.2 Å². The largest absolute Gasteiger partial charge is 0.464 e. The van der Waals surface area contributed by atoms with Crippen molar-refractivity contribution in [2.45, 2.75) is 25.8 Å². The molecule has 0 aromatic carbocycles. The highest BCUT2D eigenvalue weighted by molar-refractivity contribution is 5.64. The first kappa shape index (κ1) is 7.34. The van der Waals surface area contributed by atoms with Crippen molar-refractivity contribution in [3.8, 4) is 0 Å². The number of hydrogen-bond acceptors (Lipinski definition) is 2. The molecule has 1 aliphatic rings. The first-order valence-corrected chi connectivity index (χ1v) is 3.50. The molecule has 10 heavy (non-hydrogen) atoms. The Morgan fingerprint density at radius 1 is 1.80 bits per heavy atom. The Morgan fingerprint density at radius 3 is 2.70 bits per heavy atom. The van der Waals surface area contributed by atoms with Crippen molar-refractivity contribution in [2.24, 2.45) is 0 Å². The Balaban J connectivity index is 2.24. The normalized spacial score (nSPS) is 16.9. The summed E-state index contributed by atoms with van der Waals surface area (Å²) in [6.45, 7) is 2.31. The summed E-state index contributed by atoms with van der Waals surface area (Å²) in [4.78, 5) is 10.4. The van der Waals surface area contributed by atoms with Crippen LogP contribution in [0.25, 0.3) is 0 Å². The molecule has 4 nitrogen and oxygen atoms in total. The van der Waals surface area contributed by atoms with E-state index in [1.807, 2.05) is 6.92 Å². The van der Waals surface area contributed by atoms with Crippen LogP contribution in [0.15, 0.2) is 0 Å². The minimum Gasteiger partial charge on any atom is -0.464 e. The molecule has 1 aliphatic carbocycles. The fourth-order valence-electron chi connectivity index (χ4n) is 0.715. The Morgan fingerprint density at radius 2 is 2.40 bits per heavy atom. The standard InChI is InChI=1S/C6H12N2O2/c1-2-8(6(9)10)7-5-3-4-5/h5,7H,2-4H2,1H3,(H,9,10). The van der Waals surface area contributed by atoms with Crippen LogP contribution in [0.5, 0.6) is 0 Å². The molecule has 0 unspecified atom stereocenters. The van der Waals surface area contributed by atoms with Gasteiger partial charge >= 0.3 is 6.09 Å². The molecule has 58 valence electrons. The molecule has 0 aromatic heterocycles.